The number of esters is 1. The fraction of sp³-hybridized carbons (Fsp3) is 0.364. The number of para-hydroxylation sites is 2. The quantitative estimate of drug-likeness (QED) is 0.545. The predicted octanol–water partition coefficient (Wildman–Crippen LogP) is 2.90. The number of aryl methyl sites for hydroxylation is 1. The molecule has 3 aromatic rings. The first-order valence-corrected chi connectivity index (χ1v) is 10.2. The third-order valence-electron chi connectivity index (χ3n) is 5.70. The molecule has 6 heteroatoms. The van der Waals surface area contributed by atoms with Crippen molar-refractivity contribution in [2.45, 2.75) is 26.4 Å². The van der Waals surface area contributed by atoms with Crippen LogP contribution in [0.25, 0.3) is 16.7 Å². The molecule has 0 atom stereocenters. The number of carbonyl (C=O) groups is 1. The number of aromatic nitrogens is 2. The van der Waals surface area contributed by atoms with E-state index in [2.05, 4.69) is 64.6 Å². The molecule has 1 aliphatic rings. The zero-order valence-corrected chi connectivity index (χ0v) is 17.2. The monoisotopic (exact) mass is 396 g/mol. The molecule has 2 heterocycles. The van der Waals surface area contributed by atoms with Gasteiger partial charge in [-0.2, -0.15) is 0 Å². The number of nitrogens with zero attached hydrogens (tertiary/aromatic N) is 2. The van der Waals surface area contributed by atoms with E-state index in [0.717, 1.165) is 54.1 Å². The Labute approximate surface area is 170 Å². The van der Waals surface area contributed by atoms with Gasteiger partial charge in [0.1, 0.15) is 0 Å². The second-order valence-electron chi connectivity index (χ2n) is 7.58. The van der Waals surface area contributed by atoms with Crippen molar-refractivity contribution < 1.29 is 14.4 Å². The van der Waals surface area contributed by atoms with E-state index < -0.39 is 0 Å². The van der Waals surface area contributed by atoms with Crippen LogP contribution in [0, 0.1) is 17.6 Å². The molecular formula is C22H26N3O2S+. The first-order chi connectivity index (χ1) is 13.6. The van der Waals surface area contributed by atoms with E-state index in [0.29, 0.717) is 0 Å². The molecule has 28 heavy (non-hydrogen) atoms. The molecule has 0 unspecified atom stereocenters. The van der Waals surface area contributed by atoms with Crippen molar-refractivity contribution in [2.75, 3.05) is 20.2 Å². The molecule has 4 rings (SSSR count). The Balaban J connectivity index is 1.67. The highest BCUT2D eigenvalue weighted by Crippen LogP contribution is 2.23. The number of nitrogens with one attached hydrogen (secondary N) is 1. The maximum atomic E-state index is 11.8. The third kappa shape index (κ3) is 3.50. The van der Waals surface area contributed by atoms with Crippen molar-refractivity contribution in [2.24, 2.45) is 5.92 Å². The van der Waals surface area contributed by atoms with Crippen LogP contribution in [0.4, 0.5) is 0 Å². The lowest BCUT2D eigenvalue weighted by atomic mass is 9.97. The van der Waals surface area contributed by atoms with Gasteiger partial charge in [0.15, 0.2) is 11.4 Å². The number of fused-ring (bicyclic) bond motifs is 1. The summed E-state index contributed by atoms with van der Waals surface area (Å²) in [6, 6.07) is 16.8. The summed E-state index contributed by atoms with van der Waals surface area (Å²) in [4.78, 5) is 13.2. The van der Waals surface area contributed by atoms with Crippen LogP contribution in [-0.4, -0.2) is 35.3 Å². The number of rotatable bonds is 4. The Bertz CT molecular complexity index is 1060. The van der Waals surface area contributed by atoms with Crippen LogP contribution >= 0.6 is 12.2 Å². The van der Waals surface area contributed by atoms with Crippen molar-refractivity contribution in [3.05, 3.63) is 58.9 Å². The molecule has 146 valence electrons. The Hall–Kier alpha value is -2.44. The third-order valence-corrected chi connectivity index (χ3v) is 6.11. The Kier molecular flexibility index (Phi) is 5.33. The molecule has 1 N–H and O–H groups in total. The van der Waals surface area contributed by atoms with Crippen LogP contribution in [-0.2, 0) is 16.2 Å². The van der Waals surface area contributed by atoms with Crippen LogP contribution in [0.5, 0.6) is 0 Å². The van der Waals surface area contributed by atoms with E-state index in [1.165, 1.54) is 17.6 Å². The summed E-state index contributed by atoms with van der Waals surface area (Å²) in [6.45, 7) is 4.81. The topological polar surface area (TPSA) is 40.6 Å². The summed E-state index contributed by atoms with van der Waals surface area (Å²) in [7, 11) is 1.47. The number of benzene rings is 2. The molecule has 1 saturated heterocycles. The van der Waals surface area contributed by atoms with Crippen molar-refractivity contribution in [3.63, 3.8) is 0 Å². The van der Waals surface area contributed by atoms with Gasteiger partial charge in [0.25, 0.3) is 0 Å². The number of imidazole rings is 1. The summed E-state index contributed by atoms with van der Waals surface area (Å²) in [5, 5.41) is 0. The Morgan fingerprint density at radius 2 is 1.86 bits per heavy atom. The zero-order chi connectivity index (χ0) is 19.7. The second kappa shape index (κ2) is 7.89. The fourth-order valence-corrected chi connectivity index (χ4v) is 4.55. The van der Waals surface area contributed by atoms with Gasteiger partial charge in [0, 0.05) is 18.5 Å². The molecule has 1 fully saturated rings. The Morgan fingerprint density at radius 1 is 1.14 bits per heavy atom. The number of piperidine rings is 1. The first-order valence-electron chi connectivity index (χ1n) is 9.77. The molecule has 1 aliphatic heterocycles. The predicted molar refractivity (Wildman–Crippen MR) is 112 cm³/mol. The van der Waals surface area contributed by atoms with Crippen LogP contribution in [0.2, 0.25) is 0 Å². The molecule has 0 radical (unpaired) electrons. The van der Waals surface area contributed by atoms with Gasteiger partial charge in [-0.25, -0.2) is 0 Å². The van der Waals surface area contributed by atoms with E-state index in [9.17, 15) is 4.79 Å². The lowest BCUT2D eigenvalue weighted by molar-refractivity contribution is -0.928. The van der Waals surface area contributed by atoms with Gasteiger partial charge in [-0.1, -0.05) is 24.3 Å². The van der Waals surface area contributed by atoms with Crippen LogP contribution in [0.15, 0.2) is 48.5 Å². The van der Waals surface area contributed by atoms with Crippen LogP contribution in [0.3, 0.4) is 0 Å². The van der Waals surface area contributed by atoms with Gasteiger partial charge < -0.3 is 9.64 Å². The van der Waals surface area contributed by atoms with E-state index in [1.54, 1.807) is 0 Å². The number of hydrogen-bond acceptors (Lipinski definition) is 3. The zero-order valence-electron chi connectivity index (χ0n) is 16.4. The molecule has 0 amide bonds. The van der Waals surface area contributed by atoms with Gasteiger partial charge in [0.2, 0.25) is 0 Å². The van der Waals surface area contributed by atoms with Crippen LogP contribution < -0.4 is 4.90 Å². The van der Waals surface area contributed by atoms with Gasteiger partial charge in [0.05, 0.1) is 37.2 Å². The van der Waals surface area contributed by atoms with E-state index in [-0.39, 0.29) is 11.9 Å². The SMILES string of the molecule is COC(=O)C1CC[NH+](Cn2c(=S)n(-c3cccc(C)c3)c3ccccc32)CC1. The van der Waals surface area contributed by atoms with Crippen molar-refractivity contribution in [3.8, 4) is 5.69 Å². The minimum Gasteiger partial charge on any atom is -0.469 e. The van der Waals surface area contributed by atoms with Crippen molar-refractivity contribution in [1.29, 1.82) is 0 Å². The van der Waals surface area contributed by atoms with Gasteiger partial charge in [-0.3, -0.25) is 13.9 Å². The van der Waals surface area contributed by atoms with Gasteiger partial charge >= 0.3 is 5.97 Å². The average Bonchev–Trinajstić information content (AvgIpc) is 2.99. The lowest BCUT2D eigenvalue weighted by Gasteiger charge is -2.28. The summed E-state index contributed by atoms with van der Waals surface area (Å²) >= 11 is 5.91. The van der Waals surface area contributed by atoms with Crippen molar-refractivity contribution >= 4 is 29.2 Å². The molecule has 0 bridgehead atoms. The van der Waals surface area contributed by atoms with Gasteiger partial charge in [-0.15, -0.1) is 0 Å². The number of quaternary nitrogens is 1. The lowest BCUT2D eigenvalue weighted by Crippen LogP contribution is -3.12. The Morgan fingerprint density at radius 3 is 2.54 bits per heavy atom. The second-order valence-corrected chi connectivity index (χ2v) is 7.94. The van der Waals surface area contributed by atoms with E-state index in [4.69, 9.17) is 17.0 Å². The summed E-state index contributed by atoms with van der Waals surface area (Å²) in [6.07, 6.45) is 1.73. The number of likely N-dealkylation sites (tertiary alicyclic amines) is 1. The fourth-order valence-electron chi connectivity index (χ4n) is 4.19. The molecule has 5 nitrogen and oxygen atoms in total. The molecular weight excluding hydrogens is 370 g/mol. The standard InChI is InChI=1S/C22H25N3O2S/c1-16-6-5-7-18(14-16)25-20-9-4-3-8-19(20)24(22(25)28)15-23-12-10-17(11-13-23)21(26)27-2/h3-9,14,17H,10-13,15H2,1-2H3/p+1. The molecule has 0 aliphatic carbocycles. The number of ether oxygens (including phenoxy) is 1. The van der Waals surface area contributed by atoms with E-state index >= 15 is 0 Å². The highest BCUT2D eigenvalue weighted by molar-refractivity contribution is 7.71. The van der Waals surface area contributed by atoms with Crippen molar-refractivity contribution in [1.82, 2.24) is 9.13 Å². The molecule has 1 aromatic heterocycles. The van der Waals surface area contributed by atoms with Crippen LogP contribution in [0.1, 0.15) is 18.4 Å². The minimum absolute atomic E-state index is 0.0374. The minimum atomic E-state index is -0.0771. The number of hydrogen-bond donors (Lipinski definition) is 1. The normalized spacial score (nSPS) is 19.6. The first kappa shape index (κ1) is 18.9. The molecule has 2 aromatic carbocycles. The summed E-state index contributed by atoms with van der Waals surface area (Å²) in [5.74, 6) is -0.0398. The molecule has 0 spiro atoms. The average molecular weight is 397 g/mol. The maximum absolute atomic E-state index is 11.8. The highest BCUT2D eigenvalue weighted by atomic mass is 32.1. The smallest absolute Gasteiger partial charge is 0.309 e. The summed E-state index contributed by atoms with van der Waals surface area (Å²) < 4.78 is 10.1. The van der Waals surface area contributed by atoms with Gasteiger partial charge in [-0.05, 0) is 49.0 Å². The largest absolute Gasteiger partial charge is 0.469 e. The highest BCUT2D eigenvalue weighted by Gasteiger charge is 2.28. The number of carbonyl (C=O) groups excluding carboxylic acids is 1. The summed E-state index contributed by atoms with van der Waals surface area (Å²) in [5.41, 5.74) is 4.59. The maximum Gasteiger partial charge on any atom is 0.309 e. The molecule has 0 saturated carbocycles. The number of methoxy groups -OCH3 is 1. The van der Waals surface area contributed by atoms with E-state index in [1.807, 2.05) is 0 Å².